The fourth-order valence-electron chi connectivity index (χ4n) is 4.60. The number of anilines is 2. The first kappa shape index (κ1) is 25.2. The minimum atomic E-state index is -2.57. The van der Waals surface area contributed by atoms with Crippen molar-refractivity contribution >= 4 is 38.0 Å². The van der Waals surface area contributed by atoms with E-state index in [0.717, 1.165) is 25.7 Å². The molecule has 1 saturated carbocycles. The molecule has 0 saturated heterocycles. The van der Waals surface area contributed by atoms with Gasteiger partial charge >= 0.3 is 0 Å². The van der Waals surface area contributed by atoms with E-state index < -0.39 is 15.6 Å². The summed E-state index contributed by atoms with van der Waals surface area (Å²) in [4.78, 5) is 21.8. The van der Waals surface area contributed by atoms with Gasteiger partial charge in [-0.05, 0) is 62.3 Å². The summed E-state index contributed by atoms with van der Waals surface area (Å²) in [7, 11) is -2.57. The van der Waals surface area contributed by atoms with Crippen LogP contribution in [0.1, 0.15) is 41.6 Å². The number of fused-ring (bicyclic) bond motifs is 1. The number of rotatable bonds is 7. The molecule has 3 aromatic rings. The number of nitrogens with one attached hydrogen (secondary N) is 3. The maximum Gasteiger partial charge on any atom is 0.264 e. The van der Waals surface area contributed by atoms with E-state index in [0.29, 0.717) is 58.8 Å². The van der Waals surface area contributed by atoms with E-state index >= 15 is 0 Å². The van der Waals surface area contributed by atoms with Gasteiger partial charge in [-0.25, -0.2) is 18.7 Å². The number of hydrogen-bond donors (Lipinski definition) is 4. The number of allylic oxidation sites excluding steroid dienone is 1. The van der Waals surface area contributed by atoms with Crippen LogP contribution in [-0.4, -0.2) is 65.1 Å². The lowest BCUT2D eigenvalue weighted by molar-refractivity contribution is 0.0982. The molecule has 1 unspecified atom stereocenters. The number of ether oxygens (including phenoxy) is 1. The first-order valence-corrected chi connectivity index (χ1v) is 14.2. The zero-order valence-corrected chi connectivity index (χ0v) is 21.4. The molecule has 1 aliphatic heterocycles. The van der Waals surface area contributed by atoms with Crippen molar-refractivity contribution in [3.63, 3.8) is 0 Å². The van der Waals surface area contributed by atoms with Crippen molar-refractivity contribution in [1.29, 1.82) is 0 Å². The lowest BCUT2D eigenvalue weighted by atomic mass is 9.88. The smallest absolute Gasteiger partial charge is 0.264 e. The second-order valence-electron chi connectivity index (χ2n) is 9.30. The highest BCUT2D eigenvalue weighted by atomic mass is 32.2. The number of aryl methyl sites for hydroxylation is 1. The number of aliphatic hydroxyl groups excluding tert-OH is 1. The van der Waals surface area contributed by atoms with Crippen LogP contribution in [0.25, 0.3) is 5.52 Å². The van der Waals surface area contributed by atoms with Crippen LogP contribution in [0.5, 0.6) is 5.88 Å². The van der Waals surface area contributed by atoms with Crippen molar-refractivity contribution in [1.82, 2.24) is 29.6 Å². The molecule has 196 valence electrons. The topological polar surface area (TPSA) is 143 Å². The number of pyridine rings is 1. The minimum Gasteiger partial charge on any atom is -0.445 e. The Kier molecular flexibility index (Phi) is 7.40. The summed E-state index contributed by atoms with van der Waals surface area (Å²) in [5.74, 6) is 1.18. The number of carbonyl (C=O) groups is 1. The van der Waals surface area contributed by atoms with Crippen LogP contribution < -0.4 is 20.1 Å². The van der Waals surface area contributed by atoms with Gasteiger partial charge in [0.05, 0.1) is 27.6 Å². The molecule has 0 bridgehead atoms. The van der Waals surface area contributed by atoms with Crippen LogP contribution >= 0.6 is 0 Å². The van der Waals surface area contributed by atoms with E-state index in [2.05, 4.69) is 30.4 Å². The van der Waals surface area contributed by atoms with Gasteiger partial charge in [-0.1, -0.05) is 0 Å². The summed E-state index contributed by atoms with van der Waals surface area (Å²) < 4.78 is 23.1. The van der Waals surface area contributed by atoms with E-state index in [1.165, 1.54) is 6.33 Å². The summed E-state index contributed by atoms with van der Waals surface area (Å²) in [6.45, 7) is 2.88. The predicted molar refractivity (Wildman–Crippen MR) is 142 cm³/mol. The van der Waals surface area contributed by atoms with Crippen molar-refractivity contribution in [3.8, 4) is 5.88 Å². The monoisotopic (exact) mass is 525 g/mol. The Labute approximate surface area is 215 Å². The van der Waals surface area contributed by atoms with E-state index in [4.69, 9.17) is 4.74 Å². The molecule has 0 radical (unpaired) electrons. The van der Waals surface area contributed by atoms with Crippen LogP contribution in [-0.2, 0) is 9.71 Å². The van der Waals surface area contributed by atoms with Crippen molar-refractivity contribution in [2.45, 2.75) is 38.7 Å². The molecule has 3 aromatic heterocycles. The molecule has 1 aliphatic carbocycles. The van der Waals surface area contributed by atoms with Crippen LogP contribution in [0.15, 0.2) is 43.2 Å². The maximum atomic E-state index is 13.0. The Morgan fingerprint density at radius 1 is 1.30 bits per heavy atom. The van der Waals surface area contributed by atoms with Gasteiger partial charge in [-0.3, -0.25) is 9.52 Å². The summed E-state index contributed by atoms with van der Waals surface area (Å²) in [6, 6.07) is 3.62. The van der Waals surface area contributed by atoms with Gasteiger partial charge in [0.1, 0.15) is 17.5 Å². The average Bonchev–Trinajstić information content (AvgIpc) is 3.24. The van der Waals surface area contributed by atoms with Gasteiger partial charge in [-0.2, -0.15) is 5.10 Å². The van der Waals surface area contributed by atoms with E-state index in [9.17, 15) is 14.1 Å². The Morgan fingerprint density at radius 3 is 2.92 bits per heavy atom. The highest BCUT2D eigenvalue weighted by Crippen LogP contribution is 2.30. The molecule has 0 aromatic carbocycles. The third-order valence-corrected chi connectivity index (χ3v) is 8.76. The molecule has 4 heterocycles. The summed E-state index contributed by atoms with van der Waals surface area (Å²) in [5, 5.41) is 22.0. The average molecular weight is 526 g/mol. The Balaban J connectivity index is 1.36. The molecule has 1 fully saturated rings. The van der Waals surface area contributed by atoms with Gasteiger partial charge in [0.2, 0.25) is 5.88 Å². The molecular formula is C25H31N7O4S. The Hall–Kier alpha value is -3.48. The van der Waals surface area contributed by atoms with Crippen molar-refractivity contribution in [2.75, 3.05) is 24.2 Å². The number of aliphatic hydroxyl groups is 1. The second kappa shape index (κ2) is 10.9. The normalized spacial score (nSPS) is 24.1. The number of hydrogen-bond acceptors (Lipinski definition) is 9. The van der Waals surface area contributed by atoms with Crippen LogP contribution in [0.2, 0.25) is 0 Å². The first-order chi connectivity index (χ1) is 17.9. The number of amides is 1. The SMILES string of the molecule is Cc1c(C(=O)NS2(=O)=CCNCC2)cn2ncnc(Nc3cccnc3OC=CC3CCC(O)CC3)c12. The molecule has 37 heavy (non-hydrogen) atoms. The van der Waals surface area contributed by atoms with Gasteiger partial charge in [-0.15, -0.1) is 0 Å². The number of aromatic nitrogens is 4. The molecular weight excluding hydrogens is 494 g/mol. The summed E-state index contributed by atoms with van der Waals surface area (Å²) in [6.07, 6.45) is 11.6. The summed E-state index contributed by atoms with van der Waals surface area (Å²) >= 11 is 0. The molecule has 1 atom stereocenters. The first-order valence-electron chi connectivity index (χ1n) is 12.4. The van der Waals surface area contributed by atoms with Crippen molar-refractivity contribution in [3.05, 3.63) is 54.3 Å². The van der Waals surface area contributed by atoms with Crippen molar-refractivity contribution < 1.29 is 18.8 Å². The quantitative estimate of drug-likeness (QED) is 0.269. The maximum absolute atomic E-state index is 13.0. The fraction of sp³-hybridized carbons (Fsp3) is 0.400. The van der Waals surface area contributed by atoms with E-state index in [1.807, 2.05) is 19.1 Å². The lowest BCUT2D eigenvalue weighted by Crippen LogP contribution is -2.42. The largest absolute Gasteiger partial charge is 0.445 e. The zero-order valence-electron chi connectivity index (χ0n) is 20.6. The van der Waals surface area contributed by atoms with E-state index in [-0.39, 0.29) is 6.10 Å². The third-order valence-electron chi connectivity index (χ3n) is 6.71. The molecule has 11 nitrogen and oxygen atoms in total. The lowest BCUT2D eigenvalue weighted by Gasteiger charge is -2.22. The van der Waals surface area contributed by atoms with Crippen LogP contribution in [0.3, 0.4) is 0 Å². The molecule has 4 N–H and O–H groups in total. The highest BCUT2D eigenvalue weighted by Gasteiger charge is 2.22. The molecule has 12 heteroatoms. The third kappa shape index (κ3) is 5.76. The standard InChI is InChI=1S/C25H31N7O4S/c1-17-20(24(34)31-37(35)13-10-26-11-14-37)15-32-22(17)23(28-16-29-32)30-21-3-2-9-27-25(21)36-12-8-18-4-6-19(33)7-5-18/h2-3,8-9,12-13,15-16,18-19,26,33H,4-7,10-11,14H2,1H3,(H,28,29,30)(H,31,34,35). The molecule has 0 spiro atoms. The van der Waals surface area contributed by atoms with Gasteiger partial charge in [0.15, 0.2) is 5.82 Å². The van der Waals surface area contributed by atoms with Crippen LogP contribution in [0.4, 0.5) is 11.5 Å². The van der Waals surface area contributed by atoms with Gasteiger partial charge in [0, 0.05) is 36.6 Å². The second-order valence-corrected chi connectivity index (χ2v) is 11.7. The number of nitrogens with zero attached hydrogens (tertiary/aromatic N) is 4. The van der Waals surface area contributed by atoms with Gasteiger partial charge < -0.3 is 20.5 Å². The zero-order chi connectivity index (χ0) is 25.8. The van der Waals surface area contributed by atoms with Crippen molar-refractivity contribution in [2.24, 2.45) is 5.92 Å². The number of carbonyl (C=O) groups excluding carboxylic acids is 1. The molecule has 1 amide bonds. The van der Waals surface area contributed by atoms with Crippen LogP contribution in [0, 0.1) is 12.8 Å². The van der Waals surface area contributed by atoms with Gasteiger partial charge in [0.25, 0.3) is 5.91 Å². The van der Waals surface area contributed by atoms with E-state index in [1.54, 1.807) is 34.6 Å². The summed E-state index contributed by atoms with van der Waals surface area (Å²) in [5.41, 5.74) is 2.25. The Morgan fingerprint density at radius 2 is 2.14 bits per heavy atom. The Bertz CT molecular complexity index is 1440. The minimum absolute atomic E-state index is 0.198. The fourth-order valence-corrected chi connectivity index (χ4v) is 6.22. The molecule has 5 rings (SSSR count). The highest BCUT2D eigenvalue weighted by molar-refractivity contribution is 8.00. The molecule has 2 aliphatic rings. The predicted octanol–water partition coefficient (Wildman–Crippen LogP) is 1.95.